The van der Waals surface area contributed by atoms with E-state index in [2.05, 4.69) is 16.5 Å². The molecule has 9 heteroatoms. The predicted molar refractivity (Wildman–Crippen MR) is 132 cm³/mol. The van der Waals surface area contributed by atoms with Crippen molar-refractivity contribution in [1.29, 1.82) is 0 Å². The number of hydrogen-bond donors (Lipinski definition) is 1. The van der Waals surface area contributed by atoms with Crippen molar-refractivity contribution in [3.8, 4) is 16.9 Å². The van der Waals surface area contributed by atoms with E-state index in [1.807, 2.05) is 24.3 Å². The molecule has 5 rings (SSSR count). The number of rotatable bonds is 6. The quantitative estimate of drug-likeness (QED) is 0.348. The fourth-order valence-corrected chi connectivity index (χ4v) is 5.37. The van der Waals surface area contributed by atoms with Gasteiger partial charge >= 0.3 is 6.61 Å². The fourth-order valence-electron chi connectivity index (χ4n) is 4.57. The third-order valence-corrected chi connectivity index (χ3v) is 7.41. The van der Waals surface area contributed by atoms with E-state index in [-0.39, 0.29) is 11.8 Å². The van der Waals surface area contributed by atoms with Crippen LogP contribution in [0.25, 0.3) is 22.2 Å². The van der Waals surface area contributed by atoms with Gasteiger partial charge in [0.15, 0.2) is 0 Å². The maximum atomic E-state index is 12.9. The van der Waals surface area contributed by atoms with Gasteiger partial charge in [0.25, 0.3) is 0 Å². The molecule has 2 heterocycles. The third-order valence-electron chi connectivity index (χ3n) is 6.11. The molecule has 0 aliphatic carbocycles. The average molecular weight is 502 g/mol. The van der Waals surface area contributed by atoms with E-state index in [4.69, 9.17) is 26.5 Å². The molecule has 0 saturated heterocycles. The number of ether oxygens (including phenoxy) is 1. The van der Waals surface area contributed by atoms with Gasteiger partial charge in [-0.3, -0.25) is 5.14 Å². The average Bonchev–Trinajstić information content (AvgIpc) is 3.34. The lowest BCUT2D eigenvalue weighted by atomic mass is 10.0. The van der Waals surface area contributed by atoms with E-state index < -0.39 is 16.3 Å². The topological polar surface area (TPSA) is 70.1 Å². The Bertz CT molecular complexity index is 1480. The van der Waals surface area contributed by atoms with Crippen LogP contribution in [0.1, 0.15) is 23.9 Å². The van der Waals surface area contributed by atoms with Crippen LogP contribution in [0, 0.1) is 0 Å². The maximum Gasteiger partial charge on any atom is 0.387 e. The largest absolute Gasteiger partial charge is 0.435 e. The summed E-state index contributed by atoms with van der Waals surface area (Å²) in [5.41, 5.74) is 4.40. The number of benzene rings is 3. The van der Waals surface area contributed by atoms with Gasteiger partial charge in [-0.15, -0.1) is 0 Å². The van der Waals surface area contributed by atoms with Crippen molar-refractivity contribution in [1.82, 2.24) is 9.55 Å². The first-order valence-corrected chi connectivity index (χ1v) is 12.9. The number of nitrogens with two attached hydrogens (primary N) is 1. The zero-order valence-corrected chi connectivity index (χ0v) is 19.7. The van der Waals surface area contributed by atoms with Crippen LogP contribution in [0.15, 0.2) is 65.6 Å². The van der Waals surface area contributed by atoms with Gasteiger partial charge in [-0.2, -0.15) is 8.78 Å². The Labute approximate surface area is 201 Å². The molecule has 3 aromatic carbocycles. The van der Waals surface area contributed by atoms with Crippen LogP contribution in [-0.2, 0) is 22.5 Å². The van der Waals surface area contributed by atoms with Gasteiger partial charge in [0.2, 0.25) is 0 Å². The Morgan fingerprint density at radius 1 is 1.15 bits per heavy atom. The number of nitrogens with zero attached hydrogens (tertiary/aromatic N) is 2. The highest BCUT2D eigenvalue weighted by Crippen LogP contribution is 2.37. The summed E-state index contributed by atoms with van der Waals surface area (Å²) in [5, 5.41) is 6.11. The minimum atomic E-state index is -2.90. The summed E-state index contributed by atoms with van der Waals surface area (Å²) in [4.78, 5) is 5.27. The molecule has 0 radical (unpaired) electrons. The molecule has 2 atom stereocenters. The molecule has 34 heavy (non-hydrogen) atoms. The fraction of sp³-hybridized carbons (Fsp3) is 0.200. The first-order valence-electron chi connectivity index (χ1n) is 10.7. The van der Waals surface area contributed by atoms with Crippen molar-refractivity contribution in [3.63, 3.8) is 0 Å². The Morgan fingerprint density at radius 2 is 1.88 bits per heavy atom. The van der Waals surface area contributed by atoms with Crippen molar-refractivity contribution in [2.45, 2.75) is 36.8 Å². The highest BCUT2D eigenvalue weighted by Gasteiger charge is 2.27. The van der Waals surface area contributed by atoms with E-state index >= 15 is 0 Å². The zero-order chi connectivity index (χ0) is 24.0. The van der Waals surface area contributed by atoms with Gasteiger partial charge < -0.3 is 9.30 Å². The number of fused-ring (bicyclic) bond motifs is 3. The van der Waals surface area contributed by atoms with Crippen molar-refractivity contribution in [2.24, 2.45) is 5.14 Å². The van der Waals surface area contributed by atoms with Gasteiger partial charge in [-0.05, 0) is 77.9 Å². The third kappa shape index (κ3) is 4.41. The molecule has 4 aromatic rings. The zero-order valence-electron chi connectivity index (χ0n) is 18.1. The Balaban J connectivity index is 1.51. The number of imidazole rings is 1. The van der Waals surface area contributed by atoms with Crippen LogP contribution in [0.3, 0.4) is 0 Å². The molecule has 176 valence electrons. The summed E-state index contributed by atoms with van der Waals surface area (Å²) < 4.78 is 44.7. The molecule has 2 N–H and O–H groups in total. The second kappa shape index (κ2) is 8.69. The number of alkyl halides is 2. The number of aryl methyl sites for hydroxylation is 1. The molecule has 1 aliphatic rings. The molecule has 0 spiro atoms. The first kappa shape index (κ1) is 22.8. The minimum Gasteiger partial charge on any atom is -0.435 e. The van der Waals surface area contributed by atoms with Crippen molar-refractivity contribution in [3.05, 3.63) is 77.1 Å². The second-order valence-corrected chi connectivity index (χ2v) is 10.7. The van der Waals surface area contributed by atoms with Crippen LogP contribution in [0.4, 0.5) is 8.78 Å². The van der Waals surface area contributed by atoms with E-state index in [1.54, 1.807) is 24.3 Å². The monoisotopic (exact) mass is 501 g/mol. The number of hydrogen-bond acceptors (Lipinski definition) is 3. The molecule has 1 aromatic heterocycles. The molecular formula is C25H22ClF2N3O2S. The molecule has 0 fully saturated rings. The first-order chi connectivity index (χ1) is 16.2. The van der Waals surface area contributed by atoms with Gasteiger partial charge in [0, 0.05) is 22.4 Å². The molecule has 2 unspecified atom stereocenters. The maximum absolute atomic E-state index is 12.9. The molecular weight excluding hydrogens is 480 g/mol. The summed E-state index contributed by atoms with van der Waals surface area (Å²) >= 11 is 6.15. The molecule has 0 bridgehead atoms. The lowest BCUT2D eigenvalue weighted by Crippen LogP contribution is -2.11. The lowest BCUT2D eigenvalue weighted by molar-refractivity contribution is -0.0505. The van der Waals surface area contributed by atoms with Crippen LogP contribution < -0.4 is 9.88 Å². The van der Waals surface area contributed by atoms with E-state index in [0.717, 1.165) is 40.8 Å². The highest BCUT2D eigenvalue weighted by atomic mass is 35.5. The molecule has 5 nitrogen and oxygen atoms in total. The van der Waals surface area contributed by atoms with Crippen molar-refractivity contribution >= 4 is 38.2 Å². The minimum absolute atomic E-state index is 0.0317. The molecule has 0 saturated carbocycles. The van der Waals surface area contributed by atoms with E-state index in [1.165, 1.54) is 6.07 Å². The van der Waals surface area contributed by atoms with Crippen LogP contribution in [-0.4, -0.2) is 26.2 Å². The van der Waals surface area contributed by atoms with Crippen molar-refractivity contribution < 1.29 is 17.7 Å². The summed E-state index contributed by atoms with van der Waals surface area (Å²) in [6.45, 7) is -2.90. The number of aromatic nitrogens is 2. The predicted octanol–water partition coefficient (Wildman–Crippen LogP) is 5.64. The van der Waals surface area contributed by atoms with Gasteiger partial charge in [0.05, 0.1) is 20.7 Å². The van der Waals surface area contributed by atoms with Gasteiger partial charge in [0.1, 0.15) is 11.6 Å². The normalized spacial score (nSPS) is 17.1. The second-order valence-electron chi connectivity index (χ2n) is 8.38. The summed E-state index contributed by atoms with van der Waals surface area (Å²) in [6, 6.07) is 18.0. The standard InChI is InChI=1S/C25H22ClF2N3O2S/c1-34(29,32)20-7-2-15(3-8-20)16-4-9-21-22(14-16)31-19(6-11-24(31)30-21)13-17-12-18(26)5-10-23(17)33-25(27)28/h2-5,7-10,12,14,19,25H,1,6,11,13H2,(H2,29,32). The van der Waals surface area contributed by atoms with Crippen LogP contribution >= 0.6 is 11.6 Å². The SMILES string of the molecule is C=S(N)(=O)c1ccc(-c2ccc3nc4n(c3c2)C(Cc2cc(Cl)ccc2OC(F)F)CC4)cc1. The summed E-state index contributed by atoms with van der Waals surface area (Å²) in [7, 11) is -2.77. The molecule has 1 aliphatic heterocycles. The van der Waals surface area contributed by atoms with E-state index in [9.17, 15) is 13.0 Å². The Kier molecular flexibility index (Phi) is 5.83. The van der Waals surface area contributed by atoms with Crippen LogP contribution in [0.5, 0.6) is 5.75 Å². The Morgan fingerprint density at radius 3 is 2.59 bits per heavy atom. The smallest absolute Gasteiger partial charge is 0.387 e. The number of halogens is 3. The van der Waals surface area contributed by atoms with Crippen LogP contribution in [0.2, 0.25) is 5.02 Å². The lowest BCUT2D eigenvalue weighted by Gasteiger charge is -2.18. The van der Waals surface area contributed by atoms with Crippen molar-refractivity contribution in [2.75, 3.05) is 0 Å². The highest BCUT2D eigenvalue weighted by molar-refractivity contribution is 7.98. The van der Waals surface area contributed by atoms with E-state index in [0.29, 0.717) is 21.9 Å². The summed E-state index contributed by atoms with van der Waals surface area (Å²) in [6.07, 6.45) is 2.13. The Hall–Kier alpha value is -2.94. The summed E-state index contributed by atoms with van der Waals surface area (Å²) in [5.74, 6) is 4.62. The van der Waals surface area contributed by atoms with Gasteiger partial charge in [-0.1, -0.05) is 29.8 Å². The van der Waals surface area contributed by atoms with Gasteiger partial charge in [-0.25, -0.2) is 9.19 Å². The molecule has 0 amide bonds.